The van der Waals surface area contributed by atoms with E-state index in [1.807, 2.05) is 6.92 Å². The molecular formula is C22H30O6. The molecule has 0 aromatic rings. The van der Waals surface area contributed by atoms with Gasteiger partial charge >= 0.3 is 11.9 Å². The van der Waals surface area contributed by atoms with Crippen LogP contribution >= 0.6 is 0 Å². The average Bonchev–Trinajstić information content (AvgIpc) is 2.60. The van der Waals surface area contributed by atoms with Crippen LogP contribution in [-0.2, 0) is 23.8 Å². The molecule has 154 valence electrons. The van der Waals surface area contributed by atoms with Gasteiger partial charge in [0.05, 0.1) is 0 Å². The molecule has 2 fully saturated rings. The van der Waals surface area contributed by atoms with Crippen molar-refractivity contribution in [1.82, 2.24) is 0 Å². The molecule has 3 aliphatic rings. The van der Waals surface area contributed by atoms with E-state index in [1.54, 1.807) is 0 Å². The smallest absolute Gasteiger partial charge is 0.334 e. The van der Waals surface area contributed by atoms with Crippen LogP contribution < -0.4 is 0 Å². The van der Waals surface area contributed by atoms with E-state index in [4.69, 9.17) is 14.2 Å². The minimum absolute atomic E-state index is 0.0720. The highest BCUT2D eigenvalue weighted by atomic mass is 16.7. The number of hydrogen-bond donors (Lipinski definition) is 1. The molecule has 4 bridgehead atoms. The Labute approximate surface area is 166 Å². The van der Waals surface area contributed by atoms with Crippen molar-refractivity contribution in [2.24, 2.45) is 5.92 Å². The van der Waals surface area contributed by atoms with Crippen LogP contribution in [0, 0.1) is 5.92 Å². The predicted molar refractivity (Wildman–Crippen MR) is 103 cm³/mol. The van der Waals surface area contributed by atoms with Crippen molar-refractivity contribution in [3.8, 4) is 0 Å². The Morgan fingerprint density at radius 3 is 2.75 bits per heavy atom. The predicted octanol–water partition coefficient (Wildman–Crippen LogP) is 3.35. The third-order valence-corrected chi connectivity index (χ3v) is 6.04. The maximum atomic E-state index is 12.4. The van der Waals surface area contributed by atoms with Crippen LogP contribution in [0.3, 0.4) is 0 Å². The lowest BCUT2D eigenvalue weighted by Crippen LogP contribution is -2.66. The molecule has 6 heteroatoms. The molecule has 0 aromatic carbocycles. The van der Waals surface area contributed by atoms with Gasteiger partial charge in [-0.3, -0.25) is 4.79 Å². The highest BCUT2D eigenvalue weighted by Crippen LogP contribution is 2.50. The van der Waals surface area contributed by atoms with Crippen molar-refractivity contribution in [2.45, 2.75) is 76.8 Å². The van der Waals surface area contributed by atoms with Crippen molar-refractivity contribution in [3.63, 3.8) is 0 Å². The molecule has 0 amide bonds. The second-order valence-corrected chi connectivity index (χ2v) is 8.35. The third kappa shape index (κ3) is 4.08. The van der Waals surface area contributed by atoms with Crippen LogP contribution in [0.5, 0.6) is 0 Å². The van der Waals surface area contributed by atoms with E-state index in [1.165, 1.54) is 12.5 Å². The second kappa shape index (κ2) is 7.84. The molecule has 28 heavy (non-hydrogen) atoms. The van der Waals surface area contributed by atoms with Gasteiger partial charge in [0.25, 0.3) is 0 Å². The van der Waals surface area contributed by atoms with Crippen molar-refractivity contribution in [2.75, 3.05) is 6.61 Å². The third-order valence-electron chi connectivity index (χ3n) is 6.04. The van der Waals surface area contributed by atoms with Crippen molar-refractivity contribution in [1.29, 1.82) is 0 Å². The van der Waals surface area contributed by atoms with Crippen molar-refractivity contribution in [3.05, 3.63) is 35.5 Å². The maximum absolute atomic E-state index is 12.4. The van der Waals surface area contributed by atoms with E-state index in [-0.39, 0.29) is 18.6 Å². The first-order valence-corrected chi connectivity index (χ1v) is 9.92. The van der Waals surface area contributed by atoms with E-state index >= 15 is 0 Å². The summed E-state index contributed by atoms with van der Waals surface area (Å²) in [7, 11) is 0. The van der Waals surface area contributed by atoms with E-state index in [9.17, 15) is 14.7 Å². The van der Waals surface area contributed by atoms with Crippen molar-refractivity contribution < 1.29 is 28.9 Å². The summed E-state index contributed by atoms with van der Waals surface area (Å²) in [6, 6.07) is 0. The molecule has 3 aliphatic heterocycles. The Hall–Kier alpha value is -1.92. The zero-order valence-corrected chi connectivity index (χ0v) is 17.0. The lowest BCUT2D eigenvalue weighted by molar-refractivity contribution is -0.351. The van der Waals surface area contributed by atoms with E-state index in [0.29, 0.717) is 19.3 Å². The Balaban J connectivity index is 2.04. The first-order chi connectivity index (χ1) is 13.2. The lowest BCUT2D eigenvalue weighted by Gasteiger charge is -2.55. The summed E-state index contributed by atoms with van der Waals surface area (Å²) in [5, 5.41) is 11.6. The van der Waals surface area contributed by atoms with E-state index < -0.39 is 35.3 Å². The summed E-state index contributed by atoms with van der Waals surface area (Å²) < 4.78 is 17.3. The fraction of sp³-hybridized carbons (Fsp3) is 0.636. The molecule has 4 atom stereocenters. The Morgan fingerprint density at radius 2 is 2.04 bits per heavy atom. The van der Waals surface area contributed by atoms with Gasteiger partial charge in [0.15, 0.2) is 5.79 Å². The quantitative estimate of drug-likeness (QED) is 0.442. The van der Waals surface area contributed by atoms with Gasteiger partial charge in [-0.2, -0.15) is 0 Å². The first-order valence-electron chi connectivity index (χ1n) is 9.92. The standard InChI is InChI=1S/C22H30O6/c1-14-7-5-8-15(2)12-22(25)18-11-19(27-20(24)16(18)3)21(28-22,10-6-9-14)13-26-17(4)23/h8-9,18-19,25H,3,5-7,10-13H2,1-2,4H3/b14-9?,15-8+/t18-,19-,21+,22+/m1/s1. The molecule has 0 unspecified atom stereocenters. The molecule has 1 N–H and O–H groups in total. The number of carbonyl (C=O) groups is 2. The Kier molecular flexibility index (Phi) is 5.82. The summed E-state index contributed by atoms with van der Waals surface area (Å²) >= 11 is 0. The van der Waals surface area contributed by atoms with Crippen LogP contribution in [0.2, 0.25) is 0 Å². The fourth-order valence-electron chi connectivity index (χ4n) is 4.49. The zero-order chi connectivity index (χ0) is 20.5. The normalized spacial score (nSPS) is 38.1. The van der Waals surface area contributed by atoms with E-state index in [2.05, 4.69) is 25.7 Å². The topological polar surface area (TPSA) is 82.1 Å². The minimum Gasteiger partial charge on any atom is -0.463 e. The fourth-order valence-corrected chi connectivity index (χ4v) is 4.49. The molecule has 0 radical (unpaired) electrons. The molecule has 3 heterocycles. The highest BCUT2D eigenvalue weighted by Gasteiger charge is 2.61. The number of aliphatic hydroxyl groups is 1. The largest absolute Gasteiger partial charge is 0.463 e. The van der Waals surface area contributed by atoms with Gasteiger partial charge in [0, 0.05) is 24.8 Å². The SMILES string of the molecule is C=C1C(=O)O[C@@H]2C[C@H]1[C@]1(O)C/C(C)=C/CCC(C)=CCC[C@@]2(COC(C)=O)O1. The van der Waals surface area contributed by atoms with Crippen LogP contribution in [-0.4, -0.2) is 41.1 Å². The number of carbonyl (C=O) groups excluding carboxylic acids is 2. The van der Waals surface area contributed by atoms with Gasteiger partial charge in [0.2, 0.25) is 0 Å². The number of esters is 2. The highest BCUT2D eigenvalue weighted by molar-refractivity contribution is 5.89. The van der Waals surface area contributed by atoms with Crippen LogP contribution in [0.25, 0.3) is 0 Å². The molecule has 3 rings (SSSR count). The van der Waals surface area contributed by atoms with E-state index in [0.717, 1.165) is 18.4 Å². The monoisotopic (exact) mass is 390 g/mol. The van der Waals surface area contributed by atoms with Crippen LogP contribution in [0.1, 0.15) is 59.3 Å². The molecule has 0 spiro atoms. The number of ether oxygens (including phenoxy) is 3. The summed E-state index contributed by atoms with van der Waals surface area (Å²) in [5.41, 5.74) is 1.40. The molecule has 6 nitrogen and oxygen atoms in total. The van der Waals surface area contributed by atoms with Gasteiger partial charge in [-0.05, 0) is 46.0 Å². The summed E-state index contributed by atoms with van der Waals surface area (Å²) in [6.07, 6.45) is 7.28. The van der Waals surface area contributed by atoms with Gasteiger partial charge in [0.1, 0.15) is 18.3 Å². The van der Waals surface area contributed by atoms with Crippen LogP contribution in [0.4, 0.5) is 0 Å². The molecule has 0 saturated carbocycles. The molecule has 0 aromatic heterocycles. The Morgan fingerprint density at radius 1 is 1.32 bits per heavy atom. The molecular weight excluding hydrogens is 360 g/mol. The average molecular weight is 390 g/mol. The van der Waals surface area contributed by atoms with Gasteiger partial charge in [-0.15, -0.1) is 0 Å². The lowest BCUT2D eigenvalue weighted by atomic mass is 9.72. The second-order valence-electron chi connectivity index (χ2n) is 8.35. The minimum atomic E-state index is -1.59. The number of hydrogen-bond acceptors (Lipinski definition) is 6. The molecule has 0 aliphatic carbocycles. The number of fused-ring (bicyclic) bond motifs is 6. The molecule has 2 saturated heterocycles. The first kappa shape index (κ1) is 20.8. The summed E-state index contributed by atoms with van der Waals surface area (Å²) in [4.78, 5) is 24.0. The number of allylic oxidation sites excluding steroid dienone is 3. The Bertz CT molecular complexity index is 735. The number of rotatable bonds is 2. The van der Waals surface area contributed by atoms with Gasteiger partial charge in [-0.1, -0.05) is 29.9 Å². The summed E-state index contributed by atoms with van der Waals surface area (Å²) in [6.45, 7) is 9.14. The van der Waals surface area contributed by atoms with Gasteiger partial charge in [-0.25, -0.2) is 4.79 Å². The van der Waals surface area contributed by atoms with Crippen molar-refractivity contribution >= 4 is 11.9 Å². The zero-order valence-electron chi connectivity index (χ0n) is 17.0. The maximum Gasteiger partial charge on any atom is 0.334 e. The summed E-state index contributed by atoms with van der Waals surface area (Å²) in [5.74, 6) is -3.10. The van der Waals surface area contributed by atoms with Crippen LogP contribution in [0.15, 0.2) is 35.5 Å². The van der Waals surface area contributed by atoms with Gasteiger partial charge < -0.3 is 19.3 Å².